The van der Waals surface area contributed by atoms with Crippen molar-refractivity contribution in [2.75, 3.05) is 13.7 Å². The lowest BCUT2D eigenvalue weighted by Gasteiger charge is -2.17. The highest BCUT2D eigenvalue weighted by molar-refractivity contribution is 5.71. The predicted octanol–water partition coefficient (Wildman–Crippen LogP) is 3.98. The summed E-state index contributed by atoms with van der Waals surface area (Å²) in [4.78, 5) is 11.2. The van der Waals surface area contributed by atoms with Crippen molar-refractivity contribution in [2.45, 2.75) is 33.4 Å². The number of aryl methyl sites for hydroxylation is 2. The van der Waals surface area contributed by atoms with E-state index in [-0.39, 0.29) is 12.6 Å². The van der Waals surface area contributed by atoms with Gasteiger partial charge in [-0.2, -0.15) is 0 Å². The van der Waals surface area contributed by atoms with Gasteiger partial charge in [-0.25, -0.2) is 13.6 Å². The molecular formula is C20H23F2NO3. The van der Waals surface area contributed by atoms with Crippen molar-refractivity contribution in [3.63, 3.8) is 0 Å². The Labute approximate surface area is 152 Å². The van der Waals surface area contributed by atoms with Gasteiger partial charge in [0.15, 0.2) is 6.61 Å². The van der Waals surface area contributed by atoms with Crippen LogP contribution in [0.3, 0.4) is 0 Å². The molecule has 2 aromatic rings. The second-order valence-electron chi connectivity index (χ2n) is 6.19. The highest BCUT2D eigenvalue weighted by Crippen LogP contribution is 2.25. The lowest BCUT2D eigenvalue weighted by atomic mass is 10.0. The molecule has 6 heteroatoms. The fourth-order valence-electron chi connectivity index (χ4n) is 2.79. The van der Waals surface area contributed by atoms with Gasteiger partial charge < -0.3 is 14.8 Å². The van der Waals surface area contributed by atoms with E-state index in [0.29, 0.717) is 17.9 Å². The van der Waals surface area contributed by atoms with Gasteiger partial charge in [-0.15, -0.1) is 0 Å². The maximum absolute atomic E-state index is 13.9. The number of carbonyl (C=O) groups excluding carboxylic acids is 1. The van der Waals surface area contributed by atoms with Crippen LogP contribution in [0.15, 0.2) is 30.3 Å². The van der Waals surface area contributed by atoms with Gasteiger partial charge >= 0.3 is 5.97 Å². The number of rotatable bonds is 7. The zero-order valence-corrected chi connectivity index (χ0v) is 15.4. The maximum atomic E-state index is 13.9. The molecule has 0 fully saturated rings. The zero-order chi connectivity index (χ0) is 19.3. The normalized spacial score (nSPS) is 11.9. The van der Waals surface area contributed by atoms with Crippen molar-refractivity contribution in [2.24, 2.45) is 0 Å². The minimum Gasteiger partial charge on any atom is -0.481 e. The Kier molecular flexibility index (Phi) is 6.69. The molecule has 1 N–H and O–H groups in total. The van der Waals surface area contributed by atoms with Crippen LogP contribution in [0.5, 0.6) is 5.75 Å². The molecule has 0 radical (unpaired) electrons. The lowest BCUT2D eigenvalue weighted by molar-refractivity contribution is -0.142. The van der Waals surface area contributed by atoms with E-state index in [1.54, 1.807) is 0 Å². The van der Waals surface area contributed by atoms with Crippen LogP contribution in [-0.2, 0) is 16.1 Å². The van der Waals surface area contributed by atoms with Crippen molar-refractivity contribution in [3.05, 3.63) is 64.2 Å². The zero-order valence-electron chi connectivity index (χ0n) is 15.4. The average Bonchev–Trinajstić information content (AvgIpc) is 2.58. The van der Waals surface area contributed by atoms with Crippen molar-refractivity contribution in [1.82, 2.24) is 5.32 Å². The summed E-state index contributed by atoms with van der Waals surface area (Å²) >= 11 is 0. The second kappa shape index (κ2) is 8.76. The maximum Gasteiger partial charge on any atom is 0.343 e. The van der Waals surface area contributed by atoms with E-state index in [1.807, 2.05) is 32.9 Å². The molecule has 4 nitrogen and oxygen atoms in total. The van der Waals surface area contributed by atoms with Gasteiger partial charge in [-0.3, -0.25) is 0 Å². The first kappa shape index (κ1) is 19.8. The molecule has 0 saturated carbocycles. The lowest BCUT2D eigenvalue weighted by Crippen LogP contribution is -2.19. The topological polar surface area (TPSA) is 47.6 Å². The summed E-state index contributed by atoms with van der Waals surface area (Å²) in [6.07, 6.45) is 0. The summed E-state index contributed by atoms with van der Waals surface area (Å²) in [7, 11) is 1.31. The third-order valence-electron chi connectivity index (χ3n) is 4.12. The molecule has 0 bridgehead atoms. The number of hydrogen-bond donors (Lipinski definition) is 1. The number of carbonyl (C=O) groups is 1. The van der Waals surface area contributed by atoms with Crippen LogP contribution >= 0.6 is 0 Å². The summed E-state index contributed by atoms with van der Waals surface area (Å²) in [6, 6.07) is 7.20. The molecule has 1 atom stereocenters. The van der Waals surface area contributed by atoms with Crippen LogP contribution in [0.2, 0.25) is 0 Å². The average molecular weight is 363 g/mol. The van der Waals surface area contributed by atoms with E-state index in [0.717, 1.165) is 22.8 Å². The Bertz CT molecular complexity index is 770. The summed E-state index contributed by atoms with van der Waals surface area (Å²) in [5, 5.41) is 3.23. The fraction of sp³-hybridized carbons (Fsp3) is 0.350. The summed E-state index contributed by atoms with van der Waals surface area (Å²) in [6.45, 7) is 5.98. The van der Waals surface area contributed by atoms with Crippen LogP contribution in [0.4, 0.5) is 8.78 Å². The van der Waals surface area contributed by atoms with Crippen molar-refractivity contribution in [1.29, 1.82) is 0 Å². The molecule has 0 aromatic heterocycles. The Hall–Kier alpha value is -2.47. The number of esters is 1. The quantitative estimate of drug-likeness (QED) is 0.756. The molecule has 1 unspecified atom stereocenters. The molecule has 0 amide bonds. The standard InChI is InChI=1S/C20H23F2NO3/c1-12-7-15(8-13(2)20(12)26-11-19(24)25-4)10-23-14(3)17-6-5-16(21)9-18(17)22/h5-9,14,23H,10-11H2,1-4H3. The molecule has 0 spiro atoms. The van der Waals surface area contributed by atoms with E-state index in [2.05, 4.69) is 10.1 Å². The number of benzene rings is 2. The van der Waals surface area contributed by atoms with Crippen LogP contribution in [-0.4, -0.2) is 19.7 Å². The molecule has 140 valence electrons. The van der Waals surface area contributed by atoms with E-state index >= 15 is 0 Å². The summed E-state index contributed by atoms with van der Waals surface area (Å²) in [5.74, 6) is -0.947. The molecule has 0 heterocycles. The monoisotopic (exact) mass is 363 g/mol. The number of halogens is 2. The minimum absolute atomic E-state index is 0.142. The van der Waals surface area contributed by atoms with E-state index in [9.17, 15) is 13.6 Å². The van der Waals surface area contributed by atoms with Crippen molar-refractivity contribution in [3.8, 4) is 5.75 Å². The smallest absolute Gasteiger partial charge is 0.343 e. The van der Waals surface area contributed by atoms with Gasteiger partial charge in [0.2, 0.25) is 0 Å². The Balaban J connectivity index is 2.04. The first-order chi connectivity index (χ1) is 12.3. The molecule has 26 heavy (non-hydrogen) atoms. The molecule has 0 aliphatic rings. The van der Waals surface area contributed by atoms with E-state index < -0.39 is 17.6 Å². The minimum atomic E-state index is -0.591. The predicted molar refractivity (Wildman–Crippen MR) is 95.0 cm³/mol. The molecule has 2 aromatic carbocycles. The third kappa shape index (κ3) is 5.02. The van der Waals surface area contributed by atoms with Crippen LogP contribution < -0.4 is 10.1 Å². The number of methoxy groups -OCH3 is 1. The second-order valence-corrected chi connectivity index (χ2v) is 6.19. The van der Waals surface area contributed by atoms with Gasteiger partial charge in [0.25, 0.3) is 0 Å². The molecule has 0 saturated heterocycles. The highest BCUT2D eigenvalue weighted by Gasteiger charge is 2.13. The van der Waals surface area contributed by atoms with E-state index in [1.165, 1.54) is 19.2 Å². The van der Waals surface area contributed by atoms with Crippen LogP contribution in [0.25, 0.3) is 0 Å². The van der Waals surface area contributed by atoms with Gasteiger partial charge in [0.05, 0.1) is 7.11 Å². The number of ether oxygens (including phenoxy) is 2. The molecule has 0 aliphatic carbocycles. The third-order valence-corrected chi connectivity index (χ3v) is 4.12. The highest BCUT2D eigenvalue weighted by atomic mass is 19.1. The van der Waals surface area contributed by atoms with Crippen LogP contribution in [0.1, 0.15) is 35.2 Å². The van der Waals surface area contributed by atoms with Gasteiger partial charge in [-0.1, -0.05) is 18.2 Å². The molecular weight excluding hydrogens is 340 g/mol. The Morgan fingerprint density at radius 3 is 2.38 bits per heavy atom. The molecule has 0 aliphatic heterocycles. The van der Waals surface area contributed by atoms with Crippen LogP contribution in [0, 0.1) is 25.5 Å². The van der Waals surface area contributed by atoms with Gasteiger partial charge in [-0.05, 0) is 43.5 Å². The van der Waals surface area contributed by atoms with Gasteiger partial charge in [0.1, 0.15) is 17.4 Å². The number of hydrogen-bond acceptors (Lipinski definition) is 4. The summed E-state index contributed by atoms with van der Waals surface area (Å²) in [5.41, 5.74) is 3.20. The first-order valence-electron chi connectivity index (χ1n) is 8.30. The number of nitrogens with one attached hydrogen (secondary N) is 1. The van der Waals surface area contributed by atoms with E-state index in [4.69, 9.17) is 4.74 Å². The SMILES string of the molecule is COC(=O)COc1c(C)cc(CNC(C)c2ccc(F)cc2F)cc1C. The van der Waals surface area contributed by atoms with Gasteiger partial charge in [0, 0.05) is 24.2 Å². The fourth-order valence-corrected chi connectivity index (χ4v) is 2.79. The van der Waals surface area contributed by atoms with Crippen molar-refractivity contribution >= 4 is 5.97 Å². The summed E-state index contributed by atoms with van der Waals surface area (Å²) < 4.78 is 37.0. The Morgan fingerprint density at radius 1 is 1.15 bits per heavy atom. The first-order valence-corrected chi connectivity index (χ1v) is 8.30. The molecule has 2 rings (SSSR count). The Morgan fingerprint density at radius 2 is 1.81 bits per heavy atom. The largest absolute Gasteiger partial charge is 0.481 e. The van der Waals surface area contributed by atoms with Crippen molar-refractivity contribution < 1.29 is 23.0 Å².